The minimum Gasteiger partial charge on any atom is -0.285 e. The van der Waals surface area contributed by atoms with Gasteiger partial charge in [0.15, 0.2) is 4.60 Å². The van der Waals surface area contributed by atoms with E-state index in [9.17, 15) is 4.79 Å². The predicted octanol–water partition coefficient (Wildman–Crippen LogP) is 0.907. The molecule has 0 saturated carbocycles. The lowest BCUT2D eigenvalue weighted by Crippen LogP contribution is -2.11. The second-order valence-electron chi connectivity index (χ2n) is 3.22. The van der Waals surface area contributed by atoms with E-state index < -0.39 is 0 Å². The largest absolute Gasteiger partial charge is 0.285 e. The molecular weight excluding hydrogens is 274 g/mol. The molecule has 0 radical (unpaired) electrons. The first-order chi connectivity index (χ1) is 7.59. The van der Waals surface area contributed by atoms with Gasteiger partial charge in [0.1, 0.15) is 11.4 Å². The molecule has 0 spiro atoms. The topological polar surface area (TPSA) is 73.6 Å². The van der Waals surface area contributed by atoms with Crippen LogP contribution in [0, 0.1) is 6.92 Å². The van der Waals surface area contributed by atoms with Crippen molar-refractivity contribution in [3.63, 3.8) is 0 Å². The fraction of sp³-hybridized carbons (Fsp3) is 0.222. The van der Waals surface area contributed by atoms with Gasteiger partial charge in [-0.25, -0.2) is 9.67 Å². The number of carbonyl (C=O) groups is 1. The summed E-state index contributed by atoms with van der Waals surface area (Å²) in [6.45, 7) is 1.81. The molecule has 2 rings (SSSR count). The molecule has 0 fully saturated rings. The van der Waals surface area contributed by atoms with Crippen molar-refractivity contribution in [3.05, 3.63) is 34.1 Å². The molecule has 0 atom stereocenters. The van der Waals surface area contributed by atoms with Gasteiger partial charge >= 0.3 is 0 Å². The second-order valence-corrected chi connectivity index (χ2v) is 3.98. The monoisotopic (exact) mass is 281 g/mol. The summed E-state index contributed by atoms with van der Waals surface area (Å²) < 4.78 is 1.80. The van der Waals surface area contributed by atoms with Crippen LogP contribution in [-0.4, -0.2) is 30.7 Å². The Kier molecular flexibility index (Phi) is 2.78. The molecule has 82 valence electrons. The number of ketones is 1. The lowest BCUT2D eigenvalue weighted by molar-refractivity contribution is 0.102. The predicted molar refractivity (Wildman–Crippen MR) is 58.9 cm³/mol. The zero-order valence-corrected chi connectivity index (χ0v) is 10.3. The lowest BCUT2D eigenvalue weighted by Gasteiger charge is -2.00. The normalized spacial score (nSPS) is 10.4. The van der Waals surface area contributed by atoms with E-state index in [-0.39, 0.29) is 11.5 Å². The maximum Gasteiger partial charge on any atom is 0.233 e. The fourth-order valence-corrected chi connectivity index (χ4v) is 1.71. The molecule has 0 amide bonds. The summed E-state index contributed by atoms with van der Waals surface area (Å²) in [4.78, 5) is 20.1. The first-order valence-corrected chi connectivity index (χ1v) is 5.27. The van der Waals surface area contributed by atoms with Gasteiger partial charge in [0, 0.05) is 13.2 Å². The van der Waals surface area contributed by atoms with Crippen molar-refractivity contribution in [2.75, 3.05) is 0 Å². The Balaban J connectivity index is 2.43. The molecule has 6 nitrogen and oxygen atoms in total. The van der Waals surface area contributed by atoms with Gasteiger partial charge in [0.2, 0.25) is 5.78 Å². The third-order valence-electron chi connectivity index (χ3n) is 2.01. The highest BCUT2D eigenvalue weighted by Crippen LogP contribution is 2.15. The van der Waals surface area contributed by atoms with Crippen LogP contribution >= 0.6 is 15.9 Å². The maximum atomic E-state index is 12.0. The van der Waals surface area contributed by atoms with Gasteiger partial charge in [0.25, 0.3) is 0 Å². The van der Waals surface area contributed by atoms with Crippen molar-refractivity contribution in [1.82, 2.24) is 25.0 Å². The van der Waals surface area contributed by atoms with E-state index in [0.717, 1.165) is 5.69 Å². The highest BCUT2D eigenvalue weighted by atomic mass is 79.9. The molecule has 0 aliphatic heterocycles. The maximum absolute atomic E-state index is 12.0. The van der Waals surface area contributed by atoms with Crippen LogP contribution in [0.5, 0.6) is 0 Å². The van der Waals surface area contributed by atoms with Crippen LogP contribution in [0.4, 0.5) is 0 Å². The molecule has 2 aromatic heterocycles. The van der Waals surface area contributed by atoms with Crippen molar-refractivity contribution < 1.29 is 4.79 Å². The van der Waals surface area contributed by atoms with Gasteiger partial charge in [-0.15, -0.1) is 5.10 Å². The zero-order valence-electron chi connectivity index (χ0n) is 8.68. The van der Waals surface area contributed by atoms with E-state index in [1.165, 1.54) is 10.9 Å². The molecule has 0 N–H and O–H groups in total. The second kappa shape index (κ2) is 4.09. The number of nitrogens with zero attached hydrogens (tertiary/aromatic N) is 5. The Bertz CT molecular complexity index is 514. The molecule has 0 saturated heterocycles. The van der Waals surface area contributed by atoms with Gasteiger partial charge < -0.3 is 0 Å². The number of aromatic nitrogens is 5. The van der Waals surface area contributed by atoms with Gasteiger partial charge in [-0.2, -0.15) is 0 Å². The van der Waals surface area contributed by atoms with Crippen molar-refractivity contribution >= 4 is 21.7 Å². The molecule has 0 aliphatic carbocycles. The average molecular weight is 282 g/mol. The highest BCUT2D eigenvalue weighted by molar-refractivity contribution is 9.10. The van der Waals surface area contributed by atoms with E-state index in [0.29, 0.717) is 10.3 Å². The Hall–Kier alpha value is -1.63. The van der Waals surface area contributed by atoms with Gasteiger partial charge in [-0.3, -0.25) is 9.78 Å². The van der Waals surface area contributed by atoms with E-state index in [1.807, 2.05) is 6.92 Å². The summed E-state index contributed by atoms with van der Waals surface area (Å²) in [5.41, 5.74) is 1.40. The molecule has 0 aromatic carbocycles. The first kappa shape index (κ1) is 10.9. The zero-order chi connectivity index (χ0) is 11.7. The SMILES string of the molecule is Cc1cnc(C(=O)c2c(Br)nnn2C)cn1. The highest BCUT2D eigenvalue weighted by Gasteiger charge is 2.19. The summed E-state index contributed by atoms with van der Waals surface area (Å²) >= 11 is 3.17. The van der Waals surface area contributed by atoms with Gasteiger partial charge in [0.05, 0.1) is 11.9 Å². The smallest absolute Gasteiger partial charge is 0.233 e. The molecule has 0 unspecified atom stereocenters. The number of hydrogen-bond donors (Lipinski definition) is 0. The molecule has 7 heteroatoms. The Morgan fingerprint density at radius 1 is 1.38 bits per heavy atom. The summed E-state index contributed by atoms with van der Waals surface area (Å²) in [7, 11) is 1.65. The first-order valence-electron chi connectivity index (χ1n) is 4.48. The van der Waals surface area contributed by atoms with E-state index >= 15 is 0 Å². The minimum atomic E-state index is -0.258. The van der Waals surface area contributed by atoms with Gasteiger partial charge in [-0.1, -0.05) is 5.21 Å². The van der Waals surface area contributed by atoms with Crippen LogP contribution in [0.25, 0.3) is 0 Å². The van der Waals surface area contributed by atoms with Crippen molar-refractivity contribution in [3.8, 4) is 0 Å². The number of carbonyl (C=O) groups excluding carboxylic acids is 1. The fourth-order valence-electron chi connectivity index (χ4n) is 1.20. The van der Waals surface area contributed by atoms with Crippen LogP contribution in [0.3, 0.4) is 0 Å². The van der Waals surface area contributed by atoms with Crippen molar-refractivity contribution in [2.24, 2.45) is 7.05 Å². The van der Waals surface area contributed by atoms with Crippen LogP contribution in [0.2, 0.25) is 0 Å². The van der Waals surface area contributed by atoms with Crippen LogP contribution in [0.15, 0.2) is 17.0 Å². The Morgan fingerprint density at radius 3 is 2.62 bits per heavy atom. The van der Waals surface area contributed by atoms with Crippen LogP contribution in [0.1, 0.15) is 21.9 Å². The van der Waals surface area contributed by atoms with Crippen molar-refractivity contribution in [1.29, 1.82) is 0 Å². The lowest BCUT2D eigenvalue weighted by atomic mass is 10.2. The van der Waals surface area contributed by atoms with Crippen molar-refractivity contribution in [2.45, 2.75) is 6.92 Å². The van der Waals surface area contributed by atoms with Crippen LogP contribution in [-0.2, 0) is 7.05 Å². The van der Waals surface area contributed by atoms with Crippen LogP contribution < -0.4 is 0 Å². The summed E-state index contributed by atoms with van der Waals surface area (Å²) in [6.07, 6.45) is 2.99. The number of halogens is 1. The molecular formula is C9H8BrN5O. The number of aryl methyl sites for hydroxylation is 2. The number of rotatable bonds is 2. The molecule has 0 bridgehead atoms. The third-order valence-corrected chi connectivity index (χ3v) is 2.55. The standard InChI is InChI=1S/C9H8BrN5O/c1-5-3-12-6(4-11-5)8(16)7-9(10)13-14-15(7)2/h3-4H,1-2H3. The average Bonchev–Trinajstić information content (AvgIpc) is 2.59. The quantitative estimate of drug-likeness (QED) is 0.765. The molecule has 0 aliphatic rings. The Labute approximate surface area is 99.8 Å². The molecule has 2 heterocycles. The van der Waals surface area contributed by atoms with E-state index in [1.54, 1.807) is 13.2 Å². The summed E-state index contributed by atoms with van der Waals surface area (Å²) in [6, 6.07) is 0. The minimum absolute atomic E-state index is 0.258. The van der Waals surface area contributed by atoms with E-state index in [2.05, 4.69) is 36.2 Å². The molecule has 2 aromatic rings. The molecule has 16 heavy (non-hydrogen) atoms. The number of hydrogen-bond acceptors (Lipinski definition) is 5. The van der Waals surface area contributed by atoms with E-state index in [4.69, 9.17) is 0 Å². The third kappa shape index (κ3) is 1.85. The Morgan fingerprint density at radius 2 is 2.12 bits per heavy atom. The van der Waals surface area contributed by atoms with Gasteiger partial charge in [-0.05, 0) is 22.9 Å². The summed E-state index contributed by atoms with van der Waals surface area (Å²) in [5.74, 6) is -0.258. The summed E-state index contributed by atoms with van der Waals surface area (Å²) in [5, 5.41) is 7.47.